The van der Waals surface area contributed by atoms with Gasteiger partial charge >= 0.3 is 0 Å². The summed E-state index contributed by atoms with van der Waals surface area (Å²) in [5, 5.41) is 10.8. The van der Waals surface area contributed by atoms with Crippen LogP contribution in [0.1, 0.15) is 18.4 Å². The van der Waals surface area contributed by atoms with Gasteiger partial charge in [0.1, 0.15) is 12.7 Å². The van der Waals surface area contributed by atoms with E-state index in [2.05, 4.69) is 57.0 Å². The second kappa shape index (κ2) is 6.70. The Kier molecular flexibility index (Phi) is 4.48. The van der Waals surface area contributed by atoms with Crippen LogP contribution >= 0.6 is 11.3 Å². The molecule has 0 radical (unpaired) electrons. The Morgan fingerprint density at radius 1 is 1.36 bits per heavy atom. The second-order valence-corrected chi connectivity index (χ2v) is 6.39. The highest BCUT2D eigenvalue weighted by Gasteiger charge is 2.06. The van der Waals surface area contributed by atoms with Gasteiger partial charge in [0.2, 0.25) is 0 Å². The maximum absolute atomic E-state index is 4.54. The summed E-state index contributed by atoms with van der Waals surface area (Å²) in [6.45, 7) is 5.07. The van der Waals surface area contributed by atoms with Crippen molar-refractivity contribution in [2.24, 2.45) is 0 Å². The molecule has 2 aromatic heterocycles. The smallest absolute Gasteiger partial charge is 0.137 e. The summed E-state index contributed by atoms with van der Waals surface area (Å²) in [5.41, 5.74) is 3.31. The Morgan fingerprint density at radius 3 is 3.00 bits per heavy atom. The zero-order chi connectivity index (χ0) is 15.4. The molecule has 1 N–H and O–H groups in total. The molecule has 0 amide bonds. The molecule has 22 heavy (non-hydrogen) atoms. The third-order valence-electron chi connectivity index (χ3n) is 3.45. The van der Waals surface area contributed by atoms with E-state index in [1.807, 2.05) is 11.6 Å². The Hall–Kier alpha value is -2.21. The lowest BCUT2D eigenvalue weighted by molar-refractivity contribution is 0.544. The van der Waals surface area contributed by atoms with E-state index < -0.39 is 0 Å². The number of hydrogen-bond acceptors (Lipinski definition) is 5. The molecule has 3 rings (SSSR count). The number of benzene rings is 1. The zero-order valence-corrected chi connectivity index (χ0v) is 13.5. The highest BCUT2D eigenvalue weighted by atomic mass is 32.1. The maximum atomic E-state index is 4.54. The summed E-state index contributed by atoms with van der Waals surface area (Å²) in [6, 6.07) is 8.77. The van der Waals surface area contributed by atoms with Gasteiger partial charge in [0.05, 0.1) is 10.7 Å². The molecule has 0 aliphatic heterocycles. The first kappa shape index (κ1) is 14.7. The van der Waals surface area contributed by atoms with E-state index in [0.29, 0.717) is 6.04 Å². The number of nitrogens with zero attached hydrogens (tertiary/aromatic N) is 4. The number of rotatable bonds is 6. The van der Waals surface area contributed by atoms with Crippen molar-refractivity contribution < 1.29 is 0 Å². The molecule has 0 spiro atoms. The molecule has 5 nitrogen and oxygen atoms in total. The molecule has 1 aromatic carbocycles. The standard InChI is InChI=1S/C16H19N5S/c1-12(6-7-21-11-17-10-18-21)19-15-5-3-4-14(8-15)16-9-22-13(2)20-16/h3-5,8-12,19H,6-7H2,1-2H3/t12-/m1/s1. The van der Waals surface area contributed by atoms with Gasteiger partial charge in [-0.15, -0.1) is 11.3 Å². The van der Waals surface area contributed by atoms with E-state index in [1.54, 1.807) is 24.0 Å². The fraction of sp³-hybridized carbons (Fsp3) is 0.312. The molecule has 0 fully saturated rings. The second-order valence-electron chi connectivity index (χ2n) is 5.33. The zero-order valence-electron chi connectivity index (χ0n) is 12.7. The highest BCUT2D eigenvalue weighted by molar-refractivity contribution is 7.09. The van der Waals surface area contributed by atoms with Crippen LogP contribution in [0.5, 0.6) is 0 Å². The molecule has 0 saturated carbocycles. The first-order valence-electron chi connectivity index (χ1n) is 7.32. The number of aromatic nitrogens is 4. The van der Waals surface area contributed by atoms with Crippen LogP contribution in [0.25, 0.3) is 11.3 Å². The summed E-state index contributed by atoms with van der Waals surface area (Å²) >= 11 is 1.68. The van der Waals surface area contributed by atoms with Crippen molar-refractivity contribution in [3.05, 3.63) is 47.3 Å². The molecule has 0 unspecified atom stereocenters. The molecule has 6 heteroatoms. The van der Waals surface area contributed by atoms with Gasteiger partial charge in [0, 0.05) is 29.2 Å². The summed E-state index contributed by atoms with van der Waals surface area (Å²) in [7, 11) is 0. The third kappa shape index (κ3) is 3.71. The van der Waals surface area contributed by atoms with Gasteiger partial charge in [0.15, 0.2) is 0 Å². The minimum Gasteiger partial charge on any atom is -0.383 e. The van der Waals surface area contributed by atoms with Gasteiger partial charge in [-0.05, 0) is 32.4 Å². The lowest BCUT2D eigenvalue weighted by atomic mass is 10.1. The normalized spacial score (nSPS) is 12.3. The van der Waals surface area contributed by atoms with Crippen LogP contribution in [0.15, 0.2) is 42.3 Å². The lowest BCUT2D eigenvalue weighted by Gasteiger charge is -2.15. The van der Waals surface area contributed by atoms with Crippen molar-refractivity contribution in [1.82, 2.24) is 19.7 Å². The quantitative estimate of drug-likeness (QED) is 0.755. The van der Waals surface area contributed by atoms with Crippen LogP contribution in [0.4, 0.5) is 5.69 Å². The van der Waals surface area contributed by atoms with E-state index in [4.69, 9.17) is 0 Å². The summed E-state index contributed by atoms with van der Waals surface area (Å²) in [6.07, 6.45) is 4.30. The van der Waals surface area contributed by atoms with E-state index >= 15 is 0 Å². The van der Waals surface area contributed by atoms with Crippen molar-refractivity contribution in [3.8, 4) is 11.3 Å². The van der Waals surface area contributed by atoms with Crippen LogP contribution < -0.4 is 5.32 Å². The van der Waals surface area contributed by atoms with Crippen LogP contribution in [-0.2, 0) is 6.54 Å². The van der Waals surface area contributed by atoms with Gasteiger partial charge in [-0.2, -0.15) is 5.10 Å². The summed E-state index contributed by atoms with van der Waals surface area (Å²) in [4.78, 5) is 8.50. The lowest BCUT2D eigenvalue weighted by Crippen LogP contribution is -2.17. The molecule has 0 aliphatic carbocycles. The first-order chi connectivity index (χ1) is 10.7. The Bertz CT molecular complexity index is 720. The maximum Gasteiger partial charge on any atom is 0.137 e. The minimum atomic E-state index is 0.358. The van der Waals surface area contributed by atoms with Crippen LogP contribution in [0.3, 0.4) is 0 Å². The average molecular weight is 313 g/mol. The number of hydrogen-bond donors (Lipinski definition) is 1. The fourth-order valence-electron chi connectivity index (χ4n) is 2.30. The third-order valence-corrected chi connectivity index (χ3v) is 4.22. The van der Waals surface area contributed by atoms with E-state index in [0.717, 1.165) is 34.9 Å². The number of nitrogens with one attached hydrogen (secondary N) is 1. The minimum absolute atomic E-state index is 0.358. The molecule has 0 aliphatic rings. The van der Waals surface area contributed by atoms with Gasteiger partial charge in [0.25, 0.3) is 0 Å². The fourth-order valence-corrected chi connectivity index (χ4v) is 2.92. The Labute approximate surface area is 134 Å². The van der Waals surface area contributed by atoms with Crippen LogP contribution in [-0.4, -0.2) is 25.8 Å². The number of aryl methyl sites for hydroxylation is 2. The van der Waals surface area contributed by atoms with E-state index in [1.165, 1.54) is 0 Å². The SMILES string of the molecule is Cc1nc(-c2cccc(N[C@H](C)CCn3cncn3)c2)cs1. The highest BCUT2D eigenvalue weighted by Crippen LogP contribution is 2.24. The first-order valence-corrected chi connectivity index (χ1v) is 8.20. The van der Waals surface area contributed by atoms with Gasteiger partial charge in [-0.25, -0.2) is 9.97 Å². The summed E-state index contributed by atoms with van der Waals surface area (Å²) < 4.78 is 1.85. The molecule has 2 heterocycles. The molecule has 0 saturated heterocycles. The topological polar surface area (TPSA) is 55.6 Å². The molecular formula is C16H19N5S. The van der Waals surface area contributed by atoms with E-state index in [-0.39, 0.29) is 0 Å². The monoisotopic (exact) mass is 313 g/mol. The molecular weight excluding hydrogens is 294 g/mol. The average Bonchev–Trinajstić information content (AvgIpc) is 3.17. The van der Waals surface area contributed by atoms with Gasteiger partial charge in [-0.1, -0.05) is 12.1 Å². The van der Waals surface area contributed by atoms with Gasteiger partial charge in [-0.3, -0.25) is 4.68 Å². The van der Waals surface area contributed by atoms with E-state index in [9.17, 15) is 0 Å². The van der Waals surface area contributed by atoms with Crippen molar-refractivity contribution in [2.45, 2.75) is 32.9 Å². The van der Waals surface area contributed by atoms with Crippen molar-refractivity contribution >= 4 is 17.0 Å². The van der Waals surface area contributed by atoms with Gasteiger partial charge < -0.3 is 5.32 Å². The molecule has 0 bridgehead atoms. The Morgan fingerprint density at radius 2 is 2.27 bits per heavy atom. The molecule has 1 atom stereocenters. The van der Waals surface area contributed by atoms with Crippen molar-refractivity contribution in [2.75, 3.05) is 5.32 Å². The van der Waals surface area contributed by atoms with Crippen LogP contribution in [0, 0.1) is 6.92 Å². The molecule has 114 valence electrons. The largest absolute Gasteiger partial charge is 0.383 e. The van der Waals surface area contributed by atoms with Crippen LogP contribution in [0.2, 0.25) is 0 Å². The predicted octanol–water partition coefficient (Wildman–Crippen LogP) is 3.60. The Balaban J connectivity index is 1.62. The summed E-state index contributed by atoms with van der Waals surface area (Å²) in [5.74, 6) is 0. The molecule has 3 aromatic rings. The number of thiazole rings is 1. The van der Waals surface area contributed by atoms with Crippen molar-refractivity contribution in [1.29, 1.82) is 0 Å². The van der Waals surface area contributed by atoms with Crippen molar-refractivity contribution in [3.63, 3.8) is 0 Å². The predicted molar refractivity (Wildman–Crippen MR) is 90.0 cm³/mol. The number of anilines is 1.